The molecule has 0 radical (unpaired) electrons. The van der Waals surface area contributed by atoms with Gasteiger partial charge in [-0.2, -0.15) is 0 Å². The first-order valence-corrected chi connectivity index (χ1v) is 7.13. The molecule has 20 heavy (non-hydrogen) atoms. The molecule has 0 aliphatic rings. The van der Waals surface area contributed by atoms with E-state index in [1.54, 1.807) is 24.3 Å². The van der Waals surface area contributed by atoms with Gasteiger partial charge in [-0.3, -0.25) is 10.1 Å². The van der Waals surface area contributed by atoms with Gasteiger partial charge in [-0.05, 0) is 24.3 Å². The van der Waals surface area contributed by atoms with Crippen LogP contribution in [0.1, 0.15) is 0 Å². The maximum Gasteiger partial charge on any atom is 0.269 e. The van der Waals surface area contributed by atoms with Crippen molar-refractivity contribution in [3.63, 3.8) is 0 Å². The number of non-ortho nitro benzene ring substituents is 1. The fourth-order valence-electron chi connectivity index (χ4n) is 1.54. The van der Waals surface area contributed by atoms with Gasteiger partial charge in [0, 0.05) is 19.2 Å². The van der Waals surface area contributed by atoms with Gasteiger partial charge in [0.1, 0.15) is 5.75 Å². The van der Waals surface area contributed by atoms with E-state index >= 15 is 0 Å². The summed E-state index contributed by atoms with van der Waals surface area (Å²) in [6, 6.07) is 14.0. The van der Waals surface area contributed by atoms with Crippen molar-refractivity contribution >= 4 is 15.7 Å². The van der Waals surface area contributed by atoms with E-state index < -0.39 is 14.9 Å². The Morgan fingerprint density at radius 1 is 1.10 bits per heavy atom. The summed E-state index contributed by atoms with van der Waals surface area (Å²) in [6.45, 7) is 0. The average molecular weight is 292 g/mol. The van der Waals surface area contributed by atoms with Crippen molar-refractivity contribution in [3.05, 3.63) is 64.7 Å². The van der Waals surface area contributed by atoms with E-state index in [0.29, 0.717) is 5.75 Å². The van der Waals surface area contributed by atoms with Crippen LogP contribution in [0.3, 0.4) is 0 Å². The van der Waals surface area contributed by atoms with Gasteiger partial charge in [0.15, 0.2) is 0 Å². The van der Waals surface area contributed by atoms with Crippen LogP contribution in [-0.2, 0) is 10.0 Å². The molecule has 0 spiro atoms. The molecule has 0 fully saturated rings. The molecule has 0 aromatic heterocycles. The first kappa shape index (κ1) is 14.0. The van der Waals surface area contributed by atoms with E-state index in [1.807, 2.05) is 6.07 Å². The first-order valence-electron chi connectivity index (χ1n) is 5.69. The van der Waals surface area contributed by atoms with Gasteiger partial charge >= 0.3 is 0 Å². The molecule has 0 aliphatic carbocycles. The Labute approximate surface area is 116 Å². The third-order valence-electron chi connectivity index (χ3n) is 2.54. The fraction of sp³-hybridized carbons (Fsp3) is 0.0769. The number of nitro benzene ring substituents is 1. The molecular weight excluding hydrogens is 280 g/mol. The second-order valence-corrected chi connectivity index (χ2v) is 5.76. The molecule has 2 aromatic rings. The van der Waals surface area contributed by atoms with Crippen LogP contribution in [0.4, 0.5) is 5.69 Å². The topological polar surface area (TPSA) is 81.8 Å². The summed E-state index contributed by atoms with van der Waals surface area (Å²) < 4.78 is 21.9. The van der Waals surface area contributed by atoms with Gasteiger partial charge in [-0.15, -0.1) is 0 Å². The lowest BCUT2D eigenvalue weighted by Gasteiger charge is -2.11. The average Bonchev–Trinajstić information content (AvgIpc) is 2.48. The highest BCUT2D eigenvalue weighted by molar-refractivity contribution is 7.89. The highest BCUT2D eigenvalue weighted by Crippen LogP contribution is 2.22. The number of para-hydroxylation sites is 1. The van der Waals surface area contributed by atoms with Gasteiger partial charge in [-0.25, -0.2) is 8.57 Å². The predicted octanol–water partition coefficient (Wildman–Crippen LogP) is 3.05. The number of nitrogens with zero attached hydrogens (tertiary/aromatic N) is 2. The molecule has 0 saturated heterocycles. The second-order valence-electron chi connectivity index (χ2n) is 3.81. The van der Waals surface area contributed by atoms with E-state index in [0.717, 1.165) is 0 Å². The third-order valence-corrected chi connectivity index (χ3v) is 4.31. The Kier molecular flexibility index (Phi) is 3.99. The van der Waals surface area contributed by atoms with Gasteiger partial charge < -0.3 is 4.18 Å². The van der Waals surface area contributed by atoms with Gasteiger partial charge in [0.2, 0.25) is 10.0 Å². The minimum absolute atomic E-state index is 0.0775. The summed E-state index contributed by atoms with van der Waals surface area (Å²) in [5, 5.41) is 10.6. The maximum atomic E-state index is 12.6. The van der Waals surface area contributed by atoms with Gasteiger partial charge in [0.05, 0.1) is 9.82 Å². The summed E-state index contributed by atoms with van der Waals surface area (Å²) in [4.78, 5) is 10.4. The van der Waals surface area contributed by atoms with Crippen molar-refractivity contribution in [1.29, 1.82) is 0 Å². The summed E-state index contributed by atoms with van der Waals surface area (Å²) in [6.07, 6.45) is 0. The summed E-state index contributed by atoms with van der Waals surface area (Å²) >= 11 is 0. The molecule has 6 nitrogen and oxygen atoms in total. The number of nitro groups is 1. The van der Waals surface area contributed by atoms with E-state index in [9.17, 15) is 14.3 Å². The normalized spacial score (nSPS) is 13.2. The number of hydrogen-bond donors (Lipinski definition) is 0. The van der Waals surface area contributed by atoms with Crippen molar-refractivity contribution in [2.45, 2.75) is 4.90 Å². The van der Waals surface area contributed by atoms with Crippen LogP contribution in [0, 0.1) is 10.1 Å². The van der Waals surface area contributed by atoms with Crippen LogP contribution in [0.5, 0.6) is 5.75 Å². The number of rotatable bonds is 4. The molecule has 0 aliphatic heterocycles. The lowest BCUT2D eigenvalue weighted by Crippen LogP contribution is -2.09. The molecule has 0 heterocycles. The first-order chi connectivity index (χ1) is 9.55. The minimum Gasteiger partial charge on any atom is -0.392 e. The zero-order chi connectivity index (χ0) is 14.6. The van der Waals surface area contributed by atoms with Crippen molar-refractivity contribution in [2.75, 3.05) is 7.05 Å². The molecule has 0 amide bonds. The Hall–Kier alpha value is -2.41. The lowest BCUT2D eigenvalue weighted by atomic mass is 10.3. The van der Waals surface area contributed by atoms with Gasteiger partial charge in [0.25, 0.3) is 5.69 Å². The van der Waals surface area contributed by atoms with Crippen LogP contribution in [0.15, 0.2) is 63.9 Å². The van der Waals surface area contributed by atoms with Crippen LogP contribution < -0.4 is 4.18 Å². The van der Waals surface area contributed by atoms with Crippen molar-refractivity contribution in [2.24, 2.45) is 4.36 Å². The maximum absolute atomic E-state index is 12.6. The summed E-state index contributed by atoms with van der Waals surface area (Å²) in [5.74, 6) is 0.418. The van der Waals surface area contributed by atoms with E-state index in [4.69, 9.17) is 4.18 Å². The second kappa shape index (κ2) is 5.70. The quantitative estimate of drug-likeness (QED) is 0.640. The molecule has 7 heteroatoms. The van der Waals surface area contributed by atoms with Crippen LogP contribution in [0.25, 0.3) is 0 Å². The number of hydrogen-bond acceptors (Lipinski definition) is 5. The van der Waals surface area contributed by atoms with Gasteiger partial charge in [-0.1, -0.05) is 18.2 Å². The zero-order valence-corrected chi connectivity index (χ0v) is 11.4. The Balaban J connectivity index is 2.36. The summed E-state index contributed by atoms with van der Waals surface area (Å²) in [5.41, 5.74) is -0.0775. The van der Waals surface area contributed by atoms with Crippen molar-refractivity contribution < 1.29 is 13.3 Å². The standard InChI is InChI=1S/C13H12N2O4S/c1-14-20(18,19-12-5-3-2-4-6-12)13-9-7-11(8-10-13)15(16)17/h2-10H,1H3/t20-/m0/s1. The molecule has 2 rings (SSSR count). The molecule has 0 N–H and O–H groups in total. The number of benzene rings is 2. The van der Waals surface area contributed by atoms with E-state index in [-0.39, 0.29) is 10.6 Å². The van der Waals surface area contributed by atoms with Crippen LogP contribution in [0.2, 0.25) is 0 Å². The predicted molar refractivity (Wildman–Crippen MR) is 74.9 cm³/mol. The molecule has 104 valence electrons. The molecule has 0 unspecified atom stereocenters. The Morgan fingerprint density at radius 3 is 2.20 bits per heavy atom. The molecule has 1 atom stereocenters. The molecule has 2 aromatic carbocycles. The zero-order valence-electron chi connectivity index (χ0n) is 10.6. The largest absolute Gasteiger partial charge is 0.392 e. The smallest absolute Gasteiger partial charge is 0.269 e. The lowest BCUT2D eigenvalue weighted by molar-refractivity contribution is -0.384. The molecule has 0 saturated carbocycles. The Bertz CT molecular complexity index is 720. The van der Waals surface area contributed by atoms with E-state index in [1.165, 1.54) is 31.3 Å². The highest BCUT2D eigenvalue weighted by Gasteiger charge is 2.15. The molecular formula is C13H12N2O4S. The van der Waals surface area contributed by atoms with Crippen molar-refractivity contribution in [1.82, 2.24) is 0 Å². The SMILES string of the molecule is CN=[S@@](=O)(Oc1ccccc1)c1ccc([N+](=O)[O-])cc1. The van der Waals surface area contributed by atoms with Crippen molar-refractivity contribution in [3.8, 4) is 5.75 Å². The third kappa shape index (κ3) is 2.94. The van der Waals surface area contributed by atoms with E-state index in [2.05, 4.69) is 4.36 Å². The Morgan fingerprint density at radius 2 is 1.70 bits per heavy atom. The minimum atomic E-state index is -3.10. The fourth-order valence-corrected chi connectivity index (χ4v) is 2.77. The molecule has 0 bridgehead atoms. The summed E-state index contributed by atoms with van der Waals surface area (Å²) in [7, 11) is -1.72. The monoisotopic (exact) mass is 292 g/mol. The van der Waals surface area contributed by atoms with Crippen LogP contribution in [-0.4, -0.2) is 16.2 Å². The highest BCUT2D eigenvalue weighted by atomic mass is 32.2. The van der Waals surface area contributed by atoms with Crippen LogP contribution >= 0.6 is 0 Å².